The second-order valence-electron chi connectivity index (χ2n) is 2.53. The lowest BCUT2D eigenvalue weighted by molar-refractivity contribution is -0.132. The summed E-state index contributed by atoms with van der Waals surface area (Å²) in [6.45, 7) is 0.531. The molecular weight excluding hydrogens is 142 g/mol. The van der Waals surface area contributed by atoms with Gasteiger partial charge in [-0.1, -0.05) is 17.7 Å². The molecule has 11 heavy (non-hydrogen) atoms. The number of rotatable bonds is 2. The Kier molecular flexibility index (Phi) is 2.44. The minimum Gasteiger partial charge on any atom is -0.478 e. The standard InChI is InChI=1S/C8H11NO2/c9-5-6-1-3-7(4-2-6)8(10)11/h1,3H,2,4-5,9H2,(H,10,11). The van der Waals surface area contributed by atoms with Gasteiger partial charge in [-0.15, -0.1) is 0 Å². The van der Waals surface area contributed by atoms with E-state index in [0.29, 0.717) is 18.5 Å². The van der Waals surface area contributed by atoms with Gasteiger partial charge >= 0.3 is 5.97 Å². The molecule has 0 aliphatic heterocycles. The summed E-state index contributed by atoms with van der Waals surface area (Å²) in [5.74, 6) is -0.822. The fourth-order valence-electron chi connectivity index (χ4n) is 1.03. The van der Waals surface area contributed by atoms with E-state index in [2.05, 4.69) is 0 Å². The third kappa shape index (κ3) is 1.91. The van der Waals surface area contributed by atoms with Gasteiger partial charge in [-0.05, 0) is 12.8 Å². The van der Waals surface area contributed by atoms with Crippen LogP contribution in [0.5, 0.6) is 0 Å². The van der Waals surface area contributed by atoms with Crippen molar-refractivity contribution >= 4 is 5.97 Å². The van der Waals surface area contributed by atoms with Crippen LogP contribution >= 0.6 is 0 Å². The summed E-state index contributed by atoms with van der Waals surface area (Å²) in [5, 5.41) is 8.57. The molecule has 0 atom stereocenters. The van der Waals surface area contributed by atoms with Gasteiger partial charge in [-0.2, -0.15) is 0 Å². The number of carboxylic acids is 1. The molecule has 3 N–H and O–H groups in total. The maximum atomic E-state index is 10.4. The van der Waals surface area contributed by atoms with Gasteiger partial charge in [0.05, 0.1) is 0 Å². The monoisotopic (exact) mass is 153 g/mol. The molecule has 3 heteroatoms. The summed E-state index contributed by atoms with van der Waals surface area (Å²) in [4.78, 5) is 10.4. The lowest BCUT2D eigenvalue weighted by atomic mass is 9.99. The van der Waals surface area contributed by atoms with Crippen LogP contribution in [0, 0.1) is 0 Å². The molecule has 0 amide bonds. The van der Waals surface area contributed by atoms with Crippen LogP contribution in [0.2, 0.25) is 0 Å². The molecule has 1 aliphatic carbocycles. The van der Waals surface area contributed by atoms with Crippen LogP contribution in [-0.4, -0.2) is 17.6 Å². The van der Waals surface area contributed by atoms with Gasteiger partial charge in [0.1, 0.15) is 0 Å². The van der Waals surface area contributed by atoms with Crippen molar-refractivity contribution < 1.29 is 9.90 Å². The smallest absolute Gasteiger partial charge is 0.331 e. The molecule has 0 radical (unpaired) electrons. The second kappa shape index (κ2) is 3.34. The number of nitrogens with two attached hydrogens (primary N) is 1. The summed E-state index contributed by atoms with van der Waals surface area (Å²) in [6, 6.07) is 0. The Hall–Kier alpha value is -1.09. The number of hydrogen-bond donors (Lipinski definition) is 2. The predicted molar refractivity (Wildman–Crippen MR) is 42.1 cm³/mol. The van der Waals surface area contributed by atoms with Crippen molar-refractivity contribution in [3.05, 3.63) is 23.3 Å². The third-order valence-corrected chi connectivity index (χ3v) is 1.77. The number of aliphatic carboxylic acids is 1. The third-order valence-electron chi connectivity index (χ3n) is 1.77. The van der Waals surface area contributed by atoms with E-state index in [9.17, 15) is 4.79 Å². The SMILES string of the molecule is NCC1=CC=C(C(=O)O)CC1. The first-order chi connectivity index (χ1) is 5.24. The zero-order chi connectivity index (χ0) is 8.27. The largest absolute Gasteiger partial charge is 0.478 e. The van der Waals surface area contributed by atoms with Crippen LogP contribution in [0.1, 0.15) is 12.8 Å². The quantitative estimate of drug-likeness (QED) is 0.613. The molecule has 0 aromatic carbocycles. The highest BCUT2D eigenvalue weighted by molar-refractivity contribution is 5.87. The van der Waals surface area contributed by atoms with E-state index >= 15 is 0 Å². The molecule has 0 saturated heterocycles. The van der Waals surface area contributed by atoms with E-state index in [0.717, 1.165) is 12.0 Å². The van der Waals surface area contributed by atoms with Gasteiger partial charge in [-0.25, -0.2) is 4.79 Å². The number of carboxylic acid groups (broad SMARTS) is 1. The fourth-order valence-corrected chi connectivity index (χ4v) is 1.03. The highest BCUT2D eigenvalue weighted by Gasteiger charge is 2.10. The molecule has 0 spiro atoms. The first-order valence-corrected chi connectivity index (χ1v) is 3.56. The predicted octanol–water partition coefficient (Wildman–Crippen LogP) is 0.676. The average Bonchev–Trinajstić information content (AvgIpc) is 2.05. The Morgan fingerprint density at radius 3 is 2.64 bits per heavy atom. The van der Waals surface area contributed by atoms with Crippen LogP contribution in [0.25, 0.3) is 0 Å². The van der Waals surface area contributed by atoms with Crippen LogP contribution in [-0.2, 0) is 4.79 Å². The Morgan fingerprint density at radius 1 is 1.55 bits per heavy atom. The van der Waals surface area contributed by atoms with E-state index in [-0.39, 0.29) is 0 Å². The number of allylic oxidation sites excluding steroid dienone is 2. The lowest BCUT2D eigenvalue weighted by Crippen LogP contribution is -2.09. The normalized spacial score (nSPS) is 17.2. The van der Waals surface area contributed by atoms with Crippen molar-refractivity contribution in [3.63, 3.8) is 0 Å². The number of hydrogen-bond acceptors (Lipinski definition) is 2. The maximum absolute atomic E-state index is 10.4. The molecule has 60 valence electrons. The van der Waals surface area contributed by atoms with Crippen molar-refractivity contribution in [2.75, 3.05) is 6.54 Å². The highest BCUT2D eigenvalue weighted by atomic mass is 16.4. The molecule has 0 fully saturated rings. The van der Waals surface area contributed by atoms with E-state index in [4.69, 9.17) is 10.8 Å². The van der Waals surface area contributed by atoms with E-state index < -0.39 is 5.97 Å². The molecule has 1 aliphatic rings. The zero-order valence-corrected chi connectivity index (χ0v) is 6.21. The van der Waals surface area contributed by atoms with E-state index in [1.807, 2.05) is 0 Å². The van der Waals surface area contributed by atoms with Crippen molar-refractivity contribution in [2.24, 2.45) is 5.73 Å². The van der Waals surface area contributed by atoms with E-state index in [1.165, 1.54) is 0 Å². The van der Waals surface area contributed by atoms with Gasteiger partial charge in [0.15, 0.2) is 0 Å². The molecule has 0 heterocycles. The summed E-state index contributed by atoms with van der Waals surface area (Å²) < 4.78 is 0. The second-order valence-corrected chi connectivity index (χ2v) is 2.53. The van der Waals surface area contributed by atoms with Crippen LogP contribution in [0.15, 0.2) is 23.3 Å². The van der Waals surface area contributed by atoms with Crippen molar-refractivity contribution in [1.29, 1.82) is 0 Å². The minimum atomic E-state index is -0.822. The molecule has 3 nitrogen and oxygen atoms in total. The Bertz CT molecular complexity index is 228. The molecule has 1 rings (SSSR count). The average molecular weight is 153 g/mol. The fraction of sp³-hybridized carbons (Fsp3) is 0.375. The Balaban J connectivity index is 2.69. The summed E-state index contributed by atoms with van der Waals surface area (Å²) >= 11 is 0. The molecule has 0 aromatic rings. The van der Waals surface area contributed by atoms with Crippen LogP contribution < -0.4 is 5.73 Å². The lowest BCUT2D eigenvalue weighted by Gasteiger charge is -2.09. The topological polar surface area (TPSA) is 63.3 Å². The molecule has 0 bridgehead atoms. The zero-order valence-electron chi connectivity index (χ0n) is 6.21. The van der Waals surface area contributed by atoms with E-state index in [1.54, 1.807) is 12.2 Å². The maximum Gasteiger partial charge on any atom is 0.331 e. The molecular formula is C8H11NO2. The van der Waals surface area contributed by atoms with Gasteiger partial charge in [0, 0.05) is 12.1 Å². The molecule has 0 aromatic heterocycles. The molecule has 0 unspecified atom stereocenters. The Labute approximate surface area is 65.2 Å². The van der Waals surface area contributed by atoms with Gasteiger partial charge in [0.2, 0.25) is 0 Å². The minimum absolute atomic E-state index is 0.474. The summed E-state index contributed by atoms with van der Waals surface area (Å²) in [6.07, 6.45) is 4.83. The van der Waals surface area contributed by atoms with Gasteiger partial charge in [-0.3, -0.25) is 0 Å². The van der Waals surface area contributed by atoms with Crippen molar-refractivity contribution in [1.82, 2.24) is 0 Å². The first kappa shape index (κ1) is 8.01. The summed E-state index contributed by atoms with van der Waals surface area (Å²) in [5.41, 5.74) is 6.97. The molecule has 0 saturated carbocycles. The van der Waals surface area contributed by atoms with Gasteiger partial charge in [0.25, 0.3) is 0 Å². The first-order valence-electron chi connectivity index (χ1n) is 3.56. The van der Waals surface area contributed by atoms with Gasteiger partial charge < -0.3 is 10.8 Å². The summed E-state index contributed by atoms with van der Waals surface area (Å²) in [7, 11) is 0. The van der Waals surface area contributed by atoms with Crippen LogP contribution in [0.4, 0.5) is 0 Å². The number of carbonyl (C=O) groups is 1. The van der Waals surface area contributed by atoms with Crippen LogP contribution in [0.3, 0.4) is 0 Å². The Morgan fingerprint density at radius 2 is 2.27 bits per heavy atom. The highest BCUT2D eigenvalue weighted by Crippen LogP contribution is 2.16. The van der Waals surface area contributed by atoms with Crippen molar-refractivity contribution in [3.8, 4) is 0 Å². The van der Waals surface area contributed by atoms with Crippen molar-refractivity contribution in [2.45, 2.75) is 12.8 Å².